The standard InChI is InChI=1S/C13H15BrN2O2/c14-8-1-9-18-11-4-2-10(3-5-11)12-6-7-13(17)16-15-12/h2-5H,1,6-9H2,(H,16,17). The van der Waals surface area contributed by atoms with E-state index in [0.29, 0.717) is 19.4 Å². The van der Waals surface area contributed by atoms with Gasteiger partial charge in [-0.05, 0) is 36.2 Å². The quantitative estimate of drug-likeness (QED) is 0.671. The molecule has 1 heterocycles. The van der Waals surface area contributed by atoms with Gasteiger partial charge in [-0.15, -0.1) is 0 Å². The number of alkyl halides is 1. The lowest BCUT2D eigenvalue weighted by Crippen LogP contribution is -2.25. The molecule has 1 aromatic carbocycles. The summed E-state index contributed by atoms with van der Waals surface area (Å²) in [4.78, 5) is 11.0. The van der Waals surface area contributed by atoms with Crippen molar-refractivity contribution in [2.45, 2.75) is 19.3 Å². The fraction of sp³-hybridized carbons (Fsp3) is 0.385. The van der Waals surface area contributed by atoms with Gasteiger partial charge in [-0.3, -0.25) is 4.79 Å². The average molecular weight is 311 g/mol. The van der Waals surface area contributed by atoms with E-state index in [-0.39, 0.29) is 5.91 Å². The predicted molar refractivity (Wildman–Crippen MR) is 74.3 cm³/mol. The third-order valence-electron chi connectivity index (χ3n) is 2.64. The van der Waals surface area contributed by atoms with Crippen molar-refractivity contribution in [1.29, 1.82) is 0 Å². The summed E-state index contributed by atoms with van der Waals surface area (Å²) in [6.45, 7) is 0.710. The van der Waals surface area contributed by atoms with Gasteiger partial charge in [-0.25, -0.2) is 5.43 Å². The number of carbonyl (C=O) groups excluding carboxylic acids is 1. The van der Waals surface area contributed by atoms with Crippen molar-refractivity contribution in [2.24, 2.45) is 5.10 Å². The smallest absolute Gasteiger partial charge is 0.240 e. The Morgan fingerprint density at radius 2 is 2.06 bits per heavy atom. The molecule has 5 heteroatoms. The Labute approximate surface area is 115 Å². The van der Waals surface area contributed by atoms with Crippen molar-refractivity contribution in [1.82, 2.24) is 5.43 Å². The van der Waals surface area contributed by atoms with Crippen molar-refractivity contribution >= 4 is 27.5 Å². The predicted octanol–water partition coefficient (Wildman–Crippen LogP) is 2.46. The highest BCUT2D eigenvalue weighted by Crippen LogP contribution is 2.16. The van der Waals surface area contributed by atoms with Crippen LogP contribution < -0.4 is 10.2 Å². The molecule has 1 N–H and O–H groups in total. The van der Waals surface area contributed by atoms with Crippen LogP contribution in [0.5, 0.6) is 5.75 Å². The normalized spacial score (nSPS) is 14.9. The molecule has 1 aliphatic heterocycles. The maximum Gasteiger partial charge on any atom is 0.240 e. The van der Waals surface area contributed by atoms with Crippen LogP contribution in [0.4, 0.5) is 0 Å². The summed E-state index contributed by atoms with van der Waals surface area (Å²) < 4.78 is 5.57. The van der Waals surface area contributed by atoms with Gasteiger partial charge in [-0.1, -0.05) is 15.9 Å². The molecule has 4 nitrogen and oxygen atoms in total. The van der Waals surface area contributed by atoms with Crippen molar-refractivity contribution in [2.75, 3.05) is 11.9 Å². The number of rotatable bonds is 5. The Bertz CT molecular complexity index is 443. The van der Waals surface area contributed by atoms with Crippen LogP contribution in [0.25, 0.3) is 0 Å². The first-order valence-corrected chi connectivity index (χ1v) is 7.06. The van der Waals surface area contributed by atoms with Crippen LogP contribution in [0.3, 0.4) is 0 Å². The highest BCUT2D eigenvalue weighted by molar-refractivity contribution is 9.09. The molecule has 0 aliphatic carbocycles. The summed E-state index contributed by atoms with van der Waals surface area (Å²) >= 11 is 3.36. The minimum absolute atomic E-state index is 0.0199. The van der Waals surface area contributed by atoms with Gasteiger partial charge in [0.2, 0.25) is 5.91 Å². The van der Waals surface area contributed by atoms with Crippen LogP contribution in [-0.2, 0) is 4.79 Å². The molecule has 0 bridgehead atoms. The number of hydrogen-bond donors (Lipinski definition) is 1. The van der Waals surface area contributed by atoms with Crippen molar-refractivity contribution < 1.29 is 9.53 Å². The van der Waals surface area contributed by atoms with Gasteiger partial charge < -0.3 is 4.74 Å². The van der Waals surface area contributed by atoms with E-state index >= 15 is 0 Å². The molecule has 1 aromatic rings. The number of nitrogens with one attached hydrogen (secondary N) is 1. The zero-order valence-corrected chi connectivity index (χ0v) is 11.6. The minimum atomic E-state index is -0.0199. The average Bonchev–Trinajstić information content (AvgIpc) is 2.41. The number of ether oxygens (including phenoxy) is 1. The van der Waals surface area contributed by atoms with Crippen molar-refractivity contribution in [3.8, 4) is 5.75 Å². The van der Waals surface area contributed by atoms with Crippen molar-refractivity contribution in [3.05, 3.63) is 29.8 Å². The van der Waals surface area contributed by atoms with E-state index in [1.54, 1.807) is 0 Å². The van der Waals surface area contributed by atoms with Gasteiger partial charge in [0.15, 0.2) is 0 Å². The molecule has 1 amide bonds. The Morgan fingerprint density at radius 3 is 2.67 bits per heavy atom. The highest BCUT2D eigenvalue weighted by atomic mass is 79.9. The lowest BCUT2D eigenvalue weighted by Gasteiger charge is -2.12. The SMILES string of the molecule is O=C1CCC(c2ccc(OCCCBr)cc2)=NN1. The number of halogens is 1. The molecule has 96 valence electrons. The molecule has 2 rings (SSSR count). The highest BCUT2D eigenvalue weighted by Gasteiger charge is 2.12. The topological polar surface area (TPSA) is 50.7 Å². The summed E-state index contributed by atoms with van der Waals surface area (Å²) in [5, 5.41) is 5.00. The summed E-state index contributed by atoms with van der Waals surface area (Å²) in [6, 6.07) is 7.81. The van der Waals surface area contributed by atoms with E-state index < -0.39 is 0 Å². The molecule has 0 saturated carbocycles. The first kappa shape index (κ1) is 13.1. The van der Waals surface area contributed by atoms with Gasteiger partial charge in [0.25, 0.3) is 0 Å². The fourth-order valence-corrected chi connectivity index (χ4v) is 1.90. The third-order valence-corrected chi connectivity index (χ3v) is 3.20. The van der Waals surface area contributed by atoms with Crippen LogP contribution in [0.1, 0.15) is 24.8 Å². The number of benzene rings is 1. The Morgan fingerprint density at radius 1 is 1.28 bits per heavy atom. The zero-order chi connectivity index (χ0) is 12.8. The van der Waals surface area contributed by atoms with Gasteiger partial charge in [-0.2, -0.15) is 5.10 Å². The van der Waals surface area contributed by atoms with Gasteiger partial charge in [0, 0.05) is 18.2 Å². The first-order chi connectivity index (χ1) is 8.79. The maximum atomic E-state index is 11.0. The van der Waals surface area contributed by atoms with Crippen molar-refractivity contribution in [3.63, 3.8) is 0 Å². The van der Waals surface area contributed by atoms with Crippen LogP contribution in [0.2, 0.25) is 0 Å². The van der Waals surface area contributed by atoms with E-state index in [9.17, 15) is 4.79 Å². The summed E-state index contributed by atoms with van der Waals surface area (Å²) in [7, 11) is 0. The monoisotopic (exact) mass is 310 g/mol. The molecule has 18 heavy (non-hydrogen) atoms. The minimum Gasteiger partial charge on any atom is -0.494 e. The second kappa shape index (κ2) is 6.54. The molecule has 0 aromatic heterocycles. The Hall–Kier alpha value is -1.36. The summed E-state index contributed by atoms with van der Waals surface area (Å²) in [5.41, 5.74) is 4.45. The number of amides is 1. The molecule has 0 spiro atoms. The molecule has 0 fully saturated rings. The van der Waals surface area contributed by atoms with Gasteiger partial charge >= 0.3 is 0 Å². The van der Waals surface area contributed by atoms with E-state index in [1.807, 2.05) is 24.3 Å². The molecule has 0 saturated heterocycles. The largest absolute Gasteiger partial charge is 0.494 e. The second-order valence-corrected chi connectivity index (χ2v) is 4.80. The lowest BCUT2D eigenvalue weighted by atomic mass is 10.0. The van der Waals surface area contributed by atoms with Gasteiger partial charge in [0.05, 0.1) is 12.3 Å². The Kier molecular flexibility index (Phi) is 4.75. The van der Waals surface area contributed by atoms with E-state index in [0.717, 1.165) is 28.8 Å². The lowest BCUT2D eigenvalue weighted by molar-refractivity contribution is -0.121. The number of carbonyl (C=O) groups is 1. The van der Waals surface area contributed by atoms with E-state index in [2.05, 4.69) is 26.5 Å². The molecule has 0 unspecified atom stereocenters. The molecular formula is C13H15BrN2O2. The molecule has 0 atom stereocenters. The van der Waals surface area contributed by atoms with Crippen LogP contribution in [-0.4, -0.2) is 23.6 Å². The van der Waals surface area contributed by atoms with Gasteiger partial charge in [0.1, 0.15) is 5.75 Å². The number of nitrogens with zero attached hydrogens (tertiary/aromatic N) is 1. The zero-order valence-electron chi connectivity index (χ0n) is 9.99. The Balaban J connectivity index is 1.97. The van der Waals surface area contributed by atoms with Crippen LogP contribution >= 0.6 is 15.9 Å². The summed E-state index contributed by atoms with van der Waals surface area (Å²) in [5.74, 6) is 0.841. The van der Waals surface area contributed by atoms with E-state index in [4.69, 9.17) is 4.74 Å². The second-order valence-electron chi connectivity index (χ2n) is 4.01. The number of hydrazone groups is 1. The molecular weight excluding hydrogens is 296 g/mol. The van der Waals surface area contributed by atoms with Crippen LogP contribution in [0, 0.1) is 0 Å². The number of hydrogen-bond acceptors (Lipinski definition) is 3. The molecule has 1 aliphatic rings. The summed E-state index contributed by atoms with van der Waals surface area (Å²) in [6.07, 6.45) is 2.18. The molecule has 0 radical (unpaired) electrons. The maximum absolute atomic E-state index is 11.0. The fourth-order valence-electron chi connectivity index (χ4n) is 1.67. The first-order valence-electron chi connectivity index (χ1n) is 5.94. The third kappa shape index (κ3) is 3.57. The van der Waals surface area contributed by atoms with Crippen LogP contribution in [0.15, 0.2) is 29.4 Å². The van der Waals surface area contributed by atoms with E-state index in [1.165, 1.54) is 0 Å².